The van der Waals surface area contributed by atoms with Gasteiger partial charge in [-0.1, -0.05) is 24.3 Å². The van der Waals surface area contributed by atoms with E-state index in [1.165, 1.54) is 0 Å². The highest BCUT2D eigenvalue weighted by molar-refractivity contribution is 6.61. The van der Waals surface area contributed by atoms with Crippen LogP contribution in [-0.2, 0) is 9.39 Å². The van der Waals surface area contributed by atoms with Gasteiger partial charge in [-0.25, -0.2) is 4.79 Å². The van der Waals surface area contributed by atoms with E-state index in [2.05, 4.69) is 5.32 Å². The van der Waals surface area contributed by atoms with Gasteiger partial charge in [-0.15, -0.1) is 0 Å². The summed E-state index contributed by atoms with van der Waals surface area (Å²) >= 11 is 0. The number of benzene rings is 1. The molecule has 1 aromatic carbocycles. The van der Waals surface area contributed by atoms with E-state index in [4.69, 9.17) is 9.39 Å². The van der Waals surface area contributed by atoms with Crippen molar-refractivity contribution in [2.45, 2.75) is 45.4 Å². The van der Waals surface area contributed by atoms with Crippen molar-refractivity contribution in [1.29, 1.82) is 0 Å². The summed E-state index contributed by atoms with van der Waals surface area (Å²) in [5.41, 5.74) is 1.09. The second-order valence-electron chi connectivity index (χ2n) is 5.97. The van der Waals surface area contributed by atoms with Crippen molar-refractivity contribution in [3.63, 3.8) is 0 Å². The van der Waals surface area contributed by atoms with Crippen LogP contribution in [0.3, 0.4) is 0 Å². The van der Waals surface area contributed by atoms with Gasteiger partial charge in [-0.2, -0.15) is 0 Å². The molecule has 108 valence electrons. The van der Waals surface area contributed by atoms with Crippen molar-refractivity contribution in [1.82, 2.24) is 5.32 Å². The number of carbonyl (C=O) groups excluding carboxylic acids is 1. The van der Waals surface area contributed by atoms with Crippen LogP contribution in [0.1, 0.15) is 39.4 Å². The number of alkyl carbamates (subject to hydrolysis) is 1. The molecule has 1 aliphatic heterocycles. The Kier molecular flexibility index (Phi) is 4.06. The fourth-order valence-corrected chi connectivity index (χ4v) is 2.24. The summed E-state index contributed by atoms with van der Waals surface area (Å²) < 4.78 is 10.7. The Bertz CT molecular complexity index is 500. The SMILES string of the molecule is CC(NC(=O)OC(C)(C)C)C1OB(O)c2ccccc21. The van der Waals surface area contributed by atoms with Gasteiger partial charge in [0.1, 0.15) is 5.60 Å². The quantitative estimate of drug-likeness (QED) is 0.801. The first-order valence-electron chi connectivity index (χ1n) is 6.70. The van der Waals surface area contributed by atoms with Crippen molar-refractivity contribution >= 4 is 18.7 Å². The molecule has 2 rings (SSSR count). The first-order chi connectivity index (χ1) is 9.28. The number of hydrogen-bond donors (Lipinski definition) is 2. The highest BCUT2D eigenvalue weighted by atomic mass is 16.6. The average molecular weight is 277 g/mol. The number of nitrogens with one attached hydrogen (secondary N) is 1. The van der Waals surface area contributed by atoms with Gasteiger partial charge in [0.2, 0.25) is 0 Å². The lowest BCUT2D eigenvalue weighted by Crippen LogP contribution is -2.41. The maximum atomic E-state index is 11.8. The molecule has 1 amide bonds. The minimum absolute atomic E-state index is 0.303. The maximum absolute atomic E-state index is 11.8. The smallest absolute Gasteiger partial charge is 0.444 e. The van der Waals surface area contributed by atoms with Gasteiger partial charge in [0.15, 0.2) is 0 Å². The minimum atomic E-state index is -0.945. The third kappa shape index (κ3) is 3.32. The van der Waals surface area contributed by atoms with E-state index in [1.54, 1.807) is 0 Å². The Labute approximate surface area is 119 Å². The highest BCUT2D eigenvalue weighted by Gasteiger charge is 2.38. The first kappa shape index (κ1) is 14.9. The van der Waals surface area contributed by atoms with Crippen LogP contribution in [0.2, 0.25) is 0 Å². The zero-order valence-electron chi connectivity index (χ0n) is 12.2. The molecule has 0 spiro atoms. The molecule has 1 aromatic rings. The topological polar surface area (TPSA) is 67.8 Å². The first-order valence-corrected chi connectivity index (χ1v) is 6.70. The number of ether oxygens (including phenoxy) is 1. The van der Waals surface area contributed by atoms with Gasteiger partial charge in [0.25, 0.3) is 0 Å². The van der Waals surface area contributed by atoms with Gasteiger partial charge in [0, 0.05) is 0 Å². The summed E-state index contributed by atoms with van der Waals surface area (Å²) in [4.78, 5) is 11.8. The number of fused-ring (bicyclic) bond motifs is 1. The standard InChI is InChI=1S/C14H20BNO4/c1-9(16-13(17)19-14(2,3)4)12-10-7-5-6-8-11(10)15(18)20-12/h5-9,12,18H,1-4H3,(H,16,17). The summed E-state index contributed by atoms with van der Waals surface area (Å²) in [6.45, 7) is 7.25. The molecule has 1 heterocycles. The monoisotopic (exact) mass is 277 g/mol. The van der Waals surface area contributed by atoms with E-state index in [-0.39, 0.29) is 12.1 Å². The van der Waals surface area contributed by atoms with E-state index in [9.17, 15) is 9.82 Å². The summed E-state index contributed by atoms with van der Waals surface area (Å²) in [5, 5.41) is 12.6. The zero-order chi connectivity index (χ0) is 14.9. The predicted octanol–water partition coefficient (Wildman–Crippen LogP) is 1.36. The van der Waals surface area contributed by atoms with E-state index in [0.717, 1.165) is 11.0 Å². The molecule has 0 aliphatic carbocycles. The lowest BCUT2D eigenvalue weighted by Gasteiger charge is -2.25. The normalized spacial score (nSPS) is 19.4. The van der Waals surface area contributed by atoms with Crippen molar-refractivity contribution < 1.29 is 19.2 Å². The van der Waals surface area contributed by atoms with E-state index in [1.807, 2.05) is 52.0 Å². The van der Waals surface area contributed by atoms with Crippen LogP contribution in [0.4, 0.5) is 4.79 Å². The van der Waals surface area contributed by atoms with Gasteiger partial charge in [0.05, 0.1) is 12.1 Å². The molecule has 2 atom stereocenters. The van der Waals surface area contributed by atoms with Crippen LogP contribution in [0, 0.1) is 0 Å². The predicted molar refractivity (Wildman–Crippen MR) is 76.7 cm³/mol. The number of hydrogen-bond acceptors (Lipinski definition) is 4. The third-order valence-corrected chi connectivity index (χ3v) is 3.04. The molecule has 20 heavy (non-hydrogen) atoms. The van der Waals surface area contributed by atoms with Gasteiger partial charge < -0.3 is 19.7 Å². The van der Waals surface area contributed by atoms with Crippen LogP contribution in [0.5, 0.6) is 0 Å². The van der Waals surface area contributed by atoms with Crippen molar-refractivity contribution in [2.24, 2.45) is 0 Å². The Morgan fingerprint density at radius 3 is 2.75 bits per heavy atom. The molecule has 0 saturated carbocycles. The maximum Gasteiger partial charge on any atom is 0.492 e. The largest absolute Gasteiger partial charge is 0.492 e. The molecule has 5 nitrogen and oxygen atoms in total. The van der Waals surface area contributed by atoms with Gasteiger partial charge >= 0.3 is 13.2 Å². The average Bonchev–Trinajstić information content (AvgIpc) is 2.65. The van der Waals surface area contributed by atoms with E-state index in [0.29, 0.717) is 0 Å². The molecular weight excluding hydrogens is 257 g/mol. The van der Waals surface area contributed by atoms with Crippen molar-refractivity contribution in [3.05, 3.63) is 29.8 Å². The Morgan fingerprint density at radius 1 is 1.45 bits per heavy atom. The Hall–Kier alpha value is -1.53. The molecule has 6 heteroatoms. The second-order valence-corrected chi connectivity index (χ2v) is 5.97. The molecule has 0 bridgehead atoms. The summed E-state index contributed by atoms with van der Waals surface area (Å²) in [6.07, 6.45) is -0.874. The zero-order valence-corrected chi connectivity index (χ0v) is 12.2. The molecule has 0 aromatic heterocycles. The molecule has 1 aliphatic rings. The third-order valence-electron chi connectivity index (χ3n) is 3.04. The minimum Gasteiger partial charge on any atom is -0.444 e. The van der Waals surface area contributed by atoms with Crippen molar-refractivity contribution in [2.75, 3.05) is 0 Å². The highest BCUT2D eigenvalue weighted by Crippen LogP contribution is 2.26. The lowest BCUT2D eigenvalue weighted by atomic mass is 9.79. The molecule has 0 saturated heterocycles. The van der Waals surface area contributed by atoms with E-state index >= 15 is 0 Å². The molecule has 2 N–H and O–H groups in total. The fraction of sp³-hybridized carbons (Fsp3) is 0.500. The summed E-state index contributed by atoms with van der Waals surface area (Å²) in [7, 11) is -0.945. The number of carbonyl (C=O) groups is 1. The van der Waals surface area contributed by atoms with E-state index < -0.39 is 18.8 Å². The van der Waals surface area contributed by atoms with Crippen LogP contribution in [0.25, 0.3) is 0 Å². The molecule has 0 radical (unpaired) electrons. The Balaban J connectivity index is 2.04. The number of amides is 1. The van der Waals surface area contributed by atoms with Crippen LogP contribution >= 0.6 is 0 Å². The van der Waals surface area contributed by atoms with Gasteiger partial charge in [-0.3, -0.25) is 0 Å². The second kappa shape index (κ2) is 5.46. The summed E-state index contributed by atoms with van der Waals surface area (Å²) in [6, 6.07) is 7.14. The molecule has 0 fully saturated rings. The fourth-order valence-electron chi connectivity index (χ4n) is 2.24. The molecule has 2 unspecified atom stereocenters. The van der Waals surface area contributed by atoms with Crippen molar-refractivity contribution in [3.8, 4) is 0 Å². The summed E-state index contributed by atoms with van der Waals surface area (Å²) in [5.74, 6) is 0. The Morgan fingerprint density at radius 2 is 2.10 bits per heavy atom. The lowest BCUT2D eigenvalue weighted by molar-refractivity contribution is 0.0451. The molecular formula is C14H20BNO4. The van der Waals surface area contributed by atoms with Gasteiger partial charge in [-0.05, 0) is 38.7 Å². The van der Waals surface area contributed by atoms with Crippen LogP contribution in [-0.4, -0.2) is 29.9 Å². The van der Waals surface area contributed by atoms with Crippen LogP contribution in [0.15, 0.2) is 24.3 Å². The number of rotatable bonds is 2. The van der Waals surface area contributed by atoms with Crippen LogP contribution < -0.4 is 10.8 Å².